The third-order valence-electron chi connectivity index (χ3n) is 3.91. The minimum atomic E-state index is 0.00462. The Morgan fingerprint density at radius 3 is 2.87 bits per heavy atom. The molecule has 0 atom stereocenters. The minimum absolute atomic E-state index is 0.00462. The number of hydrogen-bond donors (Lipinski definition) is 2. The highest BCUT2D eigenvalue weighted by molar-refractivity contribution is 5.95. The maximum atomic E-state index is 12.1. The number of hydrogen-bond acceptors (Lipinski definition) is 3. The van der Waals surface area contributed by atoms with Gasteiger partial charge in [0.1, 0.15) is 5.65 Å². The van der Waals surface area contributed by atoms with Crippen LogP contribution in [-0.4, -0.2) is 34.9 Å². The summed E-state index contributed by atoms with van der Waals surface area (Å²) in [6.07, 6.45) is 3.69. The highest BCUT2D eigenvalue weighted by Crippen LogP contribution is 2.21. The van der Waals surface area contributed by atoms with E-state index in [0.29, 0.717) is 12.1 Å². The van der Waals surface area contributed by atoms with Gasteiger partial charge in [0.2, 0.25) is 0 Å². The van der Waals surface area contributed by atoms with E-state index in [0.717, 1.165) is 22.3 Å². The summed E-state index contributed by atoms with van der Waals surface area (Å²) in [4.78, 5) is 21.1. The molecular weight excluding hydrogens is 288 g/mol. The number of aromatic amines is 1. The molecule has 0 unspecified atom stereocenters. The zero-order chi connectivity index (χ0) is 16.4. The molecule has 0 fully saturated rings. The van der Waals surface area contributed by atoms with Gasteiger partial charge in [0, 0.05) is 49.7 Å². The van der Waals surface area contributed by atoms with Crippen LogP contribution in [0.3, 0.4) is 0 Å². The number of carbonyl (C=O) groups is 1. The zero-order valence-corrected chi connectivity index (χ0v) is 13.6. The zero-order valence-electron chi connectivity index (χ0n) is 13.6. The van der Waals surface area contributed by atoms with Crippen molar-refractivity contribution in [2.45, 2.75) is 13.5 Å². The Balaban J connectivity index is 1.84. The molecule has 1 aromatic carbocycles. The van der Waals surface area contributed by atoms with E-state index < -0.39 is 0 Å². The maximum Gasteiger partial charge on any atom is 0.253 e. The van der Waals surface area contributed by atoms with Crippen LogP contribution in [0.1, 0.15) is 21.5 Å². The summed E-state index contributed by atoms with van der Waals surface area (Å²) in [6.45, 7) is 2.71. The average molecular weight is 308 g/mol. The number of fused-ring (bicyclic) bond motifs is 1. The first kappa shape index (κ1) is 15.1. The van der Waals surface area contributed by atoms with Crippen molar-refractivity contribution in [3.8, 4) is 0 Å². The van der Waals surface area contributed by atoms with Crippen LogP contribution < -0.4 is 5.32 Å². The van der Waals surface area contributed by atoms with Crippen LogP contribution >= 0.6 is 0 Å². The van der Waals surface area contributed by atoms with Crippen LogP contribution in [0.15, 0.2) is 42.7 Å². The highest BCUT2D eigenvalue weighted by atomic mass is 16.2. The summed E-state index contributed by atoms with van der Waals surface area (Å²) in [5.41, 5.74) is 4.82. The quantitative estimate of drug-likeness (QED) is 0.778. The monoisotopic (exact) mass is 308 g/mol. The average Bonchev–Trinajstić information content (AvgIpc) is 3.02. The summed E-state index contributed by atoms with van der Waals surface area (Å²) in [6, 6.07) is 9.77. The molecule has 23 heavy (non-hydrogen) atoms. The molecule has 0 aliphatic rings. The Morgan fingerprint density at radius 2 is 2.09 bits per heavy atom. The van der Waals surface area contributed by atoms with Crippen LogP contribution in [-0.2, 0) is 6.54 Å². The Kier molecular flexibility index (Phi) is 4.02. The molecule has 2 N–H and O–H groups in total. The van der Waals surface area contributed by atoms with Gasteiger partial charge in [-0.1, -0.05) is 6.07 Å². The molecule has 3 aromatic rings. The largest absolute Gasteiger partial charge is 0.381 e. The van der Waals surface area contributed by atoms with E-state index in [-0.39, 0.29) is 5.91 Å². The van der Waals surface area contributed by atoms with E-state index in [4.69, 9.17) is 0 Å². The second kappa shape index (κ2) is 6.12. The first-order valence-electron chi connectivity index (χ1n) is 7.53. The summed E-state index contributed by atoms with van der Waals surface area (Å²) in [5, 5.41) is 4.54. The Bertz CT molecular complexity index is 851. The molecule has 0 aliphatic carbocycles. The van der Waals surface area contributed by atoms with Crippen molar-refractivity contribution < 1.29 is 4.79 Å². The van der Waals surface area contributed by atoms with Gasteiger partial charge in [-0.2, -0.15) is 0 Å². The number of rotatable bonds is 4. The fourth-order valence-corrected chi connectivity index (χ4v) is 2.57. The molecule has 2 heterocycles. The van der Waals surface area contributed by atoms with Gasteiger partial charge in [-0.3, -0.25) is 4.79 Å². The van der Waals surface area contributed by atoms with Gasteiger partial charge in [0.25, 0.3) is 5.91 Å². The molecule has 3 rings (SSSR count). The number of aryl methyl sites for hydroxylation is 1. The molecule has 0 bridgehead atoms. The number of nitrogens with one attached hydrogen (secondary N) is 2. The minimum Gasteiger partial charge on any atom is -0.381 e. The van der Waals surface area contributed by atoms with E-state index >= 15 is 0 Å². The molecule has 2 aromatic heterocycles. The lowest BCUT2D eigenvalue weighted by molar-refractivity contribution is 0.0827. The van der Waals surface area contributed by atoms with Gasteiger partial charge in [-0.05, 0) is 42.3 Å². The smallest absolute Gasteiger partial charge is 0.253 e. The van der Waals surface area contributed by atoms with Crippen LogP contribution in [0.25, 0.3) is 11.0 Å². The third-order valence-corrected chi connectivity index (χ3v) is 3.91. The third kappa shape index (κ3) is 3.04. The van der Waals surface area contributed by atoms with Gasteiger partial charge in [0.05, 0.1) is 0 Å². The SMILES string of the molecule is Cc1ccc(C(=O)N(C)C)cc1NCc1ccnc2[nH]ccc12. The Labute approximate surface area is 135 Å². The van der Waals surface area contributed by atoms with Crippen molar-refractivity contribution in [2.24, 2.45) is 0 Å². The lowest BCUT2D eigenvalue weighted by Gasteiger charge is -2.14. The predicted octanol–water partition coefficient (Wildman–Crippen LogP) is 3.19. The maximum absolute atomic E-state index is 12.1. The molecule has 5 heteroatoms. The number of amides is 1. The molecule has 0 saturated heterocycles. The van der Waals surface area contributed by atoms with E-state index in [9.17, 15) is 4.79 Å². The normalized spacial score (nSPS) is 10.7. The van der Waals surface area contributed by atoms with Crippen molar-refractivity contribution in [3.63, 3.8) is 0 Å². The number of nitrogens with zero attached hydrogens (tertiary/aromatic N) is 2. The first-order chi connectivity index (χ1) is 11.1. The van der Waals surface area contributed by atoms with Crippen LogP contribution in [0, 0.1) is 6.92 Å². The van der Waals surface area contributed by atoms with E-state index in [1.165, 1.54) is 5.56 Å². The summed E-state index contributed by atoms with van der Waals surface area (Å²) in [5.74, 6) is 0.00462. The molecule has 118 valence electrons. The van der Waals surface area contributed by atoms with Gasteiger partial charge in [-0.25, -0.2) is 4.98 Å². The molecule has 0 aliphatic heterocycles. The van der Waals surface area contributed by atoms with Gasteiger partial charge >= 0.3 is 0 Å². The van der Waals surface area contributed by atoms with E-state index in [1.807, 2.05) is 43.5 Å². The summed E-state index contributed by atoms with van der Waals surface area (Å²) < 4.78 is 0. The molecule has 0 saturated carbocycles. The summed E-state index contributed by atoms with van der Waals surface area (Å²) in [7, 11) is 3.52. The molecule has 5 nitrogen and oxygen atoms in total. The van der Waals surface area contributed by atoms with Gasteiger partial charge in [-0.15, -0.1) is 0 Å². The van der Waals surface area contributed by atoms with Crippen molar-refractivity contribution in [2.75, 3.05) is 19.4 Å². The lowest BCUT2D eigenvalue weighted by Crippen LogP contribution is -2.21. The second-order valence-corrected chi connectivity index (χ2v) is 5.79. The van der Waals surface area contributed by atoms with Crippen molar-refractivity contribution in [1.29, 1.82) is 0 Å². The Hall–Kier alpha value is -2.82. The number of aromatic nitrogens is 2. The predicted molar refractivity (Wildman–Crippen MR) is 92.6 cm³/mol. The van der Waals surface area contributed by atoms with Gasteiger partial charge < -0.3 is 15.2 Å². The van der Waals surface area contributed by atoms with Crippen molar-refractivity contribution >= 4 is 22.6 Å². The summed E-state index contributed by atoms with van der Waals surface area (Å²) >= 11 is 0. The van der Waals surface area contributed by atoms with Crippen LogP contribution in [0.2, 0.25) is 0 Å². The van der Waals surface area contributed by atoms with Crippen LogP contribution in [0.4, 0.5) is 5.69 Å². The van der Waals surface area contributed by atoms with E-state index in [1.54, 1.807) is 25.2 Å². The fourth-order valence-electron chi connectivity index (χ4n) is 2.57. The molecule has 0 radical (unpaired) electrons. The van der Waals surface area contributed by atoms with Crippen LogP contribution in [0.5, 0.6) is 0 Å². The fraction of sp³-hybridized carbons (Fsp3) is 0.222. The lowest BCUT2D eigenvalue weighted by atomic mass is 10.1. The number of anilines is 1. The number of benzene rings is 1. The van der Waals surface area contributed by atoms with Gasteiger partial charge in [0.15, 0.2) is 0 Å². The molecule has 0 spiro atoms. The first-order valence-corrected chi connectivity index (χ1v) is 7.53. The topological polar surface area (TPSA) is 61.0 Å². The van der Waals surface area contributed by atoms with Crippen molar-refractivity contribution in [1.82, 2.24) is 14.9 Å². The van der Waals surface area contributed by atoms with Crippen molar-refractivity contribution in [3.05, 3.63) is 59.4 Å². The number of H-pyrrole nitrogens is 1. The second-order valence-electron chi connectivity index (χ2n) is 5.79. The molecular formula is C18H20N4O. The Morgan fingerprint density at radius 1 is 1.26 bits per heavy atom. The standard InChI is InChI=1S/C18H20N4O/c1-12-4-5-13(18(23)22(2)3)10-16(12)21-11-14-6-8-19-17-15(14)7-9-20-17/h4-10,21H,11H2,1-3H3,(H,19,20). The molecule has 1 amide bonds. The number of carbonyl (C=O) groups excluding carboxylic acids is 1. The van der Waals surface area contributed by atoms with E-state index in [2.05, 4.69) is 15.3 Å². The highest BCUT2D eigenvalue weighted by Gasteiger charge is 2.10. The number of pyridine rings is 1.